The zero-order valence-electron chi connectivity index (χ0n) is 20.0. The fourth-order valence-electron chi connectivity index (χ4n) is 3.40. The third kappa shape index (κ3) is 7.74. The van der Waals surface area contributed by atoms with Gasteiger partial charge in [-0.1, -0.05) is 38.1 Å². The van der Waals surface area contributed by atoms with Crippen LogP contribution in [-0.2, 0) is 19.6 Å². The lowest BCUT2D eigenvalue weighted by Gasteiger charge is -2.21. The highest BCUT2D eigenvalue weighted by atomic mass is 127. The average molecular weight is 556 g/mol. The molecule has 0 radical (unpaired) electrons. The first-order valence-electron chi connectivity index (χ1n) is 10.6. The first-order chi connectivity index (χ1) is 15.1. The predicted molar refractivity (Wildman–Crippen MR) is 142 cm³/mol. The van der Waals surface area contributed by atoms with Crippen molar-refractivity contribution in [2.75, 3.05) is 41.5 Å². The maximum atomic E-state index is 5.44. The molecule has 0 saturated heterocycles. The molecule has 2 N–H and O–H groups in total. The number of aliphatic imine (C=N–C) groups is 1. The van der Waals surface area contributed by atoms with Gasteiger partial charge in [0.25, 0.3) is 0 Å². The molecule has 8 heteroatoms. The van der Waals surface area contributed by atoms with Gasteiger partial charge in [0, 0.05) is 26.7 Å². The Morgan fingerprint density at radius 2 is 1.44 bits per heavy atom. The highest BCUT2D eigenvalue weighted by Gasteiger charge is 2.13. The van der Waals surface area contributed by atoms with Crippen molar-refractivity contribution in [2.45, 2.75) is 33.5 Å². The Kier molecular flexibility index (Phi) is 12.9. The Hall–Kier alpha value is -2.20. The van der Waals surface area contributed by atoms with Crippen LogP contribution in [-0.4, -0.2) is 52.3 Å². The van der Waals surface area contributed by atoms with Crippen LogP contribution >= 0.6 is 24.0 Å². The van der Waals surface area contributed by atoms with E-state index >= 15 is 0 Å². The van der Waals surface area contributed by atoms with E-state index in [-0.39, 0.29) is 24.0 Å². The lowest BCUT2D eigenvalue weighted by Crippen LogP contribution is -2.36. The van der Waals surface area contributed by atoms with Crippen LogP contribution in [0.15, 0.2) is 41.4 Å². The summed E-state index contributed by atoms with van der Waals surface area (Å²) in [6.07, 6.45) is 0. The molecule has 178 valence electrons. The van der Waals surface area contributed by atoms with Crippen molar-refractivity contribution in [1.82, 2.24) is 15.5 Å². The van der Waals surface area contributed by atoms with Crippen LogP contribution in [0.1, 0.15) is 30.5 Å². The van der Waals surface area contributed by atoms with Gasteiger partial charge in [0.2, 0.25) is 5.75 Å². The number of methoxy groups -OCH3 is 3. The van der Waals surface area contributed by atoms with Crippen molar-refractivity contribution < 1.29 is 14.2 Å². The summed E-state index contributed by atoms with van der Waals surface area (Å²) in [5, 5.41) is 6.77. The molecule has 0 bridgehead atoms. The smallest absolute Gasteiger partial charge is 0.203 e. The fraction of sp³-hybridized carbons (Fsp3) is 0.458. The topological polar surface area (TPSA) is 67.4 Å². The van der Waals surface area contributed by atoms with E-state index in [0.29, 0.717) is 30.3 Å². The van der Waals surface area contributed by atoms with Crippen molar-refractivity contribution in [3.8, 4) is 17.2 Å². The molecule has 7 nitrogen and oxygen atoms in total. The minimum Gasteiger partial charge on any atom is -0.493 e. The first kappa shape index (κ1) is 27.8. The molecule has 32 heavy (non-hydrogen) atoms. The molecule has 0 saturated carbocycles. The third-order valence-electron chi connectivity index (χ3n) is 5.26. The van der Waals surface area contributed by atoms with Gasteiger partial charge >= 0.3 is 0 Å². The molecular weight excluding hydrogens is 519 g/mol. The molecule has 2 rings (SSSR count). The Bertz CT molecular complexity index is 832. The van der Waals surface area contributed by atoms with Crippen molar-refractivity contribution in [3.63, 3.8) is 0 Å². The first-order valence-corrected chi connectivity index (χ1v) is 10.6. The molecule has 0 aromatic heterocycles. The van der Waals surface area contributed by atoms with Gasteiger partial charge in [-0.15, -0.1) is 24.0 Å². The summed E-state index contributed by atoms with van der Waals surface area (Å²) in [7, 11) is 6.60. The maximum absolute atomic E-state index is 5.44. The second kappa shape index (κ2) is 14.8. The summed E-state index contributed by atoms with van der Waals surface area (Å²) in [5.74, 6) is 2.58. The van der Waals surface area contributed by atoms with E-state index in [1.807, 2.05) is 12.1 Å². The molecular formula is C24H37IN4O3. The van der Waals surface area contributed by atoms with Gasteiger partial charge in [0.05, 0.1) is 21.3 Å². The summed E-state index contributed by atoms with van der Waals surface area (Å²) in [6.45, 7) is 8.68. The lowest BCUT2D eigenvalue weighted by molar-refractivity contribution is 0.295. The van der Waals surface area contributed by atoms with E-state index in [1.165, 1.54) is 11.1 Å². The molecule has 0 aliphatic heterocycles. The number of ether oxygens (including phenoxy) is 3. The second-order valence-corrected chi connectivity index (χ2v) is 7.04. The van der Waals surface area contributed by atoms with Gasteiger partial charge in [-0.25, -0.2) is 0 Å². The summed E-state index contributed by atoms with van der Waals surface area (Å²) in [6, 6.07) is 12.4. The minimum absolute atomic E-state index is 0. The lowest BCUT2D eigenvalue weighted by atomic mass is 10.1. The summed E-state index contributed by atoms with van der Waals surface area (Å²) in [4.78, 5) is 6.77. The Labute approximate surface area is 209 Å². The summed E-state index contributed by atoms with van der Waals surface area (Å²) >= 11 is 0. The molecule has 0 unspecified atom stereocenters. The third-order valence-corrected chi connectivity index (χ3v) is 5.26. The van der Waals surface area contributed by atoms with E-state index in [2.05, 4.69) is 58.6 Å². The van der Waals surface area contributed by atoms with E-state index in [9.17, 15) is 0 Å². The largest absolute Gasteiger partial charge is 0.493 e. The van der Waals surface area contributed by atoms with E-state index in [0.717, 1.165) is 31.2 Å². The van der Waals surface area contributed by atoms with Crippen molar-refractivity contribution in [3.05, 3.63) is 53.1 Å². The molecule has 2 aromatic carbocycles. The van der Waals surface area contributed by atoms with E-state index in [1.54, 1.807) is 28.4 Å². The van der Waals surface area contributed by atoms with Gasteiger partial charge in [0.1, 0.15) is 0 Å². The van der Waals surface area contributed by atoms with Crippen LogP contribution < -0.4 is 24.8 Å². The van der Waals surface area contributed by atoms with Gasteiger partial charge < -0.3 is 24.8 Å². The highest BCUT2D eigenvalue weighted by Crippen LogP contribution is 2.38. The van der Waals surface area contributed by atoms with Crippen molar-refractivity contribution >= 4 is 29.9 Å². The number of hydrogen-bond acceptors (Lipinski definition) is 5. The SMILES string of the molecule is CCN(CC)Cc1ccccc1CNC(=NC)NCc1cc(OC)c(OC)c(OC)c1.I. The van der Waals surface area contributed by atoms with E-state index in [4.69, 9.17) is 14.2 Å². The van der Waals surface area contributed by atoms with Crippen LogP contribution in [0.2, 0.25) is 0 Å². The van der Waals surface area contributed by atoms with E-state index < -0.39 is 0 Å². The van der Waals surface area contributed by atoms with Crippen LogP contribution in [0.4, 0.5) is 0 Å². The number of guanidine groups is 1. The monoisotopic (exact) mass is 556 g/mol. The number of rotatable bonds is 11. The molecule has 0 aliphatic carbocycles. The second-order valence-electron chi connectivity index (χ2n) is 7.04. The molecule has 0 aliphatic rings. The maximum Gasteiger partial charge on any atom is 0.203 e. The number of benzene rings is 2. The van der Waals surface area contributed by atoms with Gasteiger partial charge in [-0.3, -0.25) is 9.89 Å². The molecule has 0 amide bonds. The van der Waals surface area contributed by atoms with Crippen molar-refractivity contribution in [1.29, 1.82) is 0 Å². The minimum atomic E-state index is 0. The quantitative estimate of drug-likeness (QED) is 0.248. The average Bonchev–Trinajstić information content (AvgIpc) is 2.82. The summed E-state index contributed by atoms with van der Waals surface area (Å²) < 4.78 is 16.3. The van der Waals surface area contributed by atoms with Gasteiger partial charge in [-0.05, 0) is 41.9 Å². The summed E-state index contributed by atoms with van der Waals surface area (Å²) in [5.41, 5.74) is 3.60. The van der Waals surface area contributed by atoms with Crippen molar-refractivity contribution in [2.24, 2.45) is 4.99 Å². The van der Waals surface area contributed by atoms with Crippen LogP contribution in [0.5, 0.6) is 17.2 Å². The van der Waals surface area contributed by atoms with Gasteiger partial charge in [0.15, 0.2) is 17.5 Å². The predicted octanol–water partition coefficient (Wildman–Crippen LogP) is 4.04. The Morgan fingerprint density at radius 1 is 0.875 bits per heavy atom. The molecule has 0 atom stereocenters. The standard InChI is InChI=1S/C24H36N4O3.HI/c1-7-28(8-2)17-20-12-10-9-11-19(20)16-27-24(25-3)26-15-18-13-21(29-4)23(31-6)22(14-18)30-5;/h9-14H,7-8,15-17H2,1-6H3,(H2,25,26,27);1H. The molecule has 0 fully saturated rings. The highest BCUT2D eigenvalue weighted by molar-refractivity contribution is 14.0. The molecule has 0 spiro atoms. The van der Waals surface area contributed by atoms with Crippen LogP contribution in [0.3, 0.4) is 0 Å². The van der Waals surface area contributed by atoms with Crippen LogP contribution in [0, 0.1) is 0 Å². The zero-order chi connectivity index (χ0) is 22.6. The fourth-order valence-corrected chi connectivity index (χ4v) is 3.40. The Balaban J connectivity index is 0.00000512. The van der Waals surface area contributed by atoms with Gasteiger partial charge in [-0.2, -0.15) is 0 Å². The molecule has 0 heterocycles. The zero-order valence-corrected chi connectivity index (χ0v) is 22.4. The number of hydrogen-bond donors (Lipinski definition) is 2. The number of nitrogens with zero attached hydrogens (tertiary/aromatic N) is 2. The van der Waals surface area contributed by atoms with Crippen LogP contribution in [0.25, 0.3) is 0 Å². The number of nitrogens with one attached hydrogen (secondary N) is 2. The normalized spacial score (nSPS) is 11.0. The number of halogens is 1. The molecule has 2 aromatic rings. The Morgan fingerprint density at radius 3 is 1.94 bits per heavy atom.